The lowest BCUT2D eigenvalue weighted by Gasteiger charge is -2.25. The molecule has 1 aliphatic rings. The van der Waals surface area contributed by atoms with Gasteiger partial charge in [-0.05, 0) is 43.7 Å². The van der Waals surface area contributed by atoms with Crippen molar-refractivity contribution in [3.63, 3.8) is 0 Å². The Morgan fingerprint density at radius 2 is 1.82 bits per heavy atom. The van der Waals surface area contributed by atoms with Crippen molar-refractivity contribution in [1.82, 2.24) is 0 Å². The van der Waals surface area contributed by atoms with Crippen molar-refractivity contribution in [2.45, 2.75) is 13.3 Å². The number of rotatable bonds is 1. The van der Waals surface area contributed by atoms with E-state index in [1.54, 1.807) is 0 Å². The molecule has 0 unspecified atom stereocenters. The van der Waals surface area contributed by atoms with E-state index < -0.39 is 0 Å². The summed E-state index contributed by atoms with van der Waals surface area (Å²) in [6.45, 7) is 2.96. The summed E-state index contributed by atoms with van der Waals surface area (Å²) < 4.78 is 5.65. The highest BCUT2D eigenvalue weighted by Crippen LogP contribution is 2.41. The first kappa shape index (κ1) is 13.5. The lowest BCUT2D eigenvalue weighted by molar-refractivity contribution is 0.532. The molecule has 2 aromatic carbocycles. The fourth-order valence-electron chi connectivity index (χ4n) is 3.21. The minimum Gasteiger partial charge on any atom is -0.469 e. The fraction of sp³-hybridized carbons (Fsp3) is 0.158. The fourth-order valence-corrected chi connectivity index (χ4v) is 3.34. The quantitative estimate of drug-likeness (QED) is 0.581. The molecule has 1 aromatic heterocycles. The first-order valence-corrected chi connectivity index (χ1v) is 7.81. The van der Waals surface area contributed by atoms with E-state index in [0.29, 0.717) is 0 Å². The van der Waals surface area contributed by atoms with Crippen molar-refractivity contribution in [1.29, 1.82) is 0 Å². The van der Waals surface area contributed by atoms with Crippen LogP contribution in [0.1, 0.15) is 11.3 Å². The van der Waals surface area contributed by atoms with Crippen LogP contribution in [0.3, 0.4) is 0 Å². The molecule has 3 aromatic rings. The van der Waals surface area contributed by atoms with Crippen LogP contribution in [0, 0.1) is 6.92 Å². The number of benzene rings is 2. The van der Waals surface area contributed by atoms with Gasteiger partial charge in [-0.15, -0.1) is 0 Å². The van der Waals surface area contributed by atoms with Crippen molar-refractivity contribution >= 4 is 23.0 Å². The van der Waals surface area contributed by atoms with Crippen LogP contribution in [0.15, 0.2) is 59.2 Å². The zero-order chi connectivity index (χ0) is 15.1. The maximum absolute atomic E-state index is 6.03. The van der Waals surface area contributed by atoms with E-state index in [9.17, 15) is 0 Å². The van der Waals surface area contributed by atoms with Crippen LogP contribution in [-0.2, 0) is 6.42 Å². The Hall–Kier alpha value is -2.19. The third kappa shape index (κ3) is 2.11. The van der Waals surface area contributed by atoms with E-state index in [0.717, 1.165) is 29.4 Å². The average Bonchev–Trinajstić information content (AvgIpc) is 2.82. The Labute approximate surface area is 134 Å². The van der Waals surface area contributed by atoms with E-state index >= 15 is 0 Å². The van der Waals surface area contributed by atoms with Crippen molar-refractivity contribution < 1.29 is 4.42 Å². The summed E-state index contributed by atoms with van der Waals surface area (Å²) in [4.78, 5) is 2.35. The molecule has 1 aliphatic heterocycles. The molecule has 0 radical (unpaired) electrons. The molecule has 2 heterocycles. The summed E-state index contributed by atoms with van der Waals surface area (Å²) in [5, 5.41) is 0.762. The first-order chi connectivity index (χ1) is 10.7. The standard InChI is InChI=1S/C19H16ClNO/c1-13-19-14(12-22-13)10-11-21(16-8-6-15(20)7-9-16)18-5-3-2-4-17(18)19/h2-9,12H,10-11H2,1H3. The predicted molar refractivity (Wildman–Crippen MR) is 91.0 cm³/mol. The van der Waals surface area contributed by atoms with Gasteiger partial charge < -0.3 is 9.32 Å². The highest BCUT2D eigenvalue weighted by Gasteiger charge is 2.23. The maximum Gasteiger partial charge on any atom is 0.108 e. The van der Waals surface area contributed by atoms with Crippen LogP contribution >= 0.6 is 11.6 Å². The second kappa shape index (κ2) is 5.22. The van der Waals surface area contributed by atoms with Crippen LogP contribution in [0.2, 0.25) is 5.02 Å². The zero-order valence-corrected chi connectivity index (χ0v) is 13.1. The molecular weight excluding hydrogens is 294 g/mol. The summed E-state index contributed by atoms with van der Waals surface area (Å²) in [5.74, 6) is 0.986. The van der Waals surface area contributed by atoms with E-state index in [2.05, 4.69) is 41.3 Å². The Balaban J connectivity index is 1.90. The van der Waals surface area contributed by atoms with Crippen molar-refractivity contribution in [2.24, 2.45) is 0 Å². The number of hydrogen-bond donors (Lipinski definition) is 0. The van der Waals surface area contributed by atoms with Gasteiger partial charge >= 0.3 is 0 Å². The van der Waals surface area contributed by atoms with E-state index in [-0.39, 0.29) is 0 Å². The van der Waals surface area contributed by atoms with Gasteiger partial charge in [0.2, 0.25) is 0 Å². The topological polar surface area (TPSA) is 16.4 Å². The average molecular weight is 310 g/mol. The van der Waals surface area contributed by atoms with E-state index in [4.69, 9.17) is 16.0 Å². The van der Waals surface area contributed by atoms with E-state index in [1.807, 2.05) is 25.3 Å². The van der Waals surface area contributed by atoms with Crippen LogP contribution in [0.4, 0.5) is 11.4 Å². The number of fused-ring (bicyclic) bond motifs is 3. The number of hydrogen-bond acceptors (Lipinski definition) is 2. The van der Waals surface area contributed by atoms with Gasteiger partial charge in [0.25, 0.3) is 0 Å². The van der Waals surface area contributed by atoms with Crippen LogP contribution < -0.4 is 4.90 Å². The van der Waals surface area contributed by atoms with Gasteiger partial charge in [-0.1, -0.05) is 29.8 Å². The molecule has 0 aliphatic carbocycles. The number of furan rings is 1. The van der Waals surface area contributed by atoms with Gasteiger partial charge in [0.05, 0.1) is 6.26 Å². The summed E-state index contributed by atoms with van der Waals surface area (Å²) in [6.07, 6.45) is 2.86. The number of halogens is 1. The second-order valence-electron chi connectivity index (χ2n) is 5.59. The Morgan fingerprint density at radius 3 is 2.64 bits per heavy atom. The van der Waals surface area contributed by atoms with Crippen LogP contribution in [0.5, 0.6) is 0 Å². The molecule has 0 N–H and O–H groups in total. The summed E-state index contributed by atoms with van der Waals surface area (Å²) in [6, 6.07) is 16.5. The monoisotopic (exact) mass is 309 g/mol. The zero-order valence-electron chi connectivity index (χ0n) is 12.3. The molecule has 0 fully saturated rings. The van der Waals surface area contributed by atoms with Crippen molar-refractivity contribution in [3.8, 4) is 11.1 Å². The first-order valence-electron chi connectivity index (χ1n) is 7.43. The minimum atomic E-state index is 0.762. The number of aryl methyl sites for hydroxylation is 1. The third-order valence-corrected chi connectivity index (χ3v) is 4.51. The van der Waals surface area contributed by atoms with Gasteiger partial charge in [-0.3, -0.25) is 0 Å². The van der Waals surface area contributed by atoms with Crippen LogP contribution in [-0.4, -0.2) is 6.54 Å². The van der Waals surface area contributed by atoms with Crippen LogP contribution in [0.25, 0.3) is 11.1 Å². The molecule has 0 amide bonds. The van der Waals surface area contributed by atoms with Gasteiger partial charge in [0.1, 0.15) is 5.76 Å². The molecule has 2 nitrogen and oxygen atoms in total. The Kier molecular flexibility index (Phi) is 3.20. The summed E-state index contributed by atoms with van der Waals surface area (Å²) in [5.41, 5.74) is 6.13. The normalized spacial score (nSPS) is 13.5. The van der Waals surface area contributed by atoms with Gasteiger partial charge in [-0.2, -0.15) is 0 Å². The molecule has 0 saturated carbocycles. The number of nitrogens with zero attached hydrogens (tertiary/aromatic N) is 1. The molecule has 3 heteroatoms. The molecule has 110 valence electrons. The van der Waals surface area contributed by atoms with Crippen molar-refractivity contribution in [3.05, 3.63) is 71.1 Å². The minimum absolute atomic E-state index is 0.762. The predicted octanol–water partition coefficient (Wildman–Crippen LogP) is 5.60. The highest BCUT2D eigenvalue weighted by molar-refractivity contribution is 6.30. The number of para-hydroxylation sites is 1. The molecule has 22 heavy (non-hydrogen) atoms. The smallest absolute Gasteiger partial charge is 0.108 e. The largest absolute Gasteiger partial charge is 0.469 e. The molecular formula is C19H16ClNO. The Bertz CT molecular complexity index is 820. The SMILES string of the molecule is Cc1occ2c1-c1ccccc1N(c1ccc(Cl)cc1)CC2. The highest BCUT2D eigenvalue weighted by atomic mass is 35.5. The lowest BCUT2D eigenvalue weighted by Crippen LogP contribution is -2.19. The van der Waals surface area contributed by atoms with E-state index in [1.165, 1.54) is 22.4 Å². The molecule has 0 spiro atoms. The lowest BCUT2D eigenvalue weighted by atomic mass is 10.0. The summed E-state index contributed by atoms with van der Waals surface area (Å²) >= 11 is 6.03. The van der Waals surface area contributed by atoms with Gasteiger partial charge in [0, 0.05) is 39.6 Å². The van der Waals surface area contributed by atoms with Gasteiger partial charge in [0.15, 0.2) is 0 Å². The molecule has 0 atom stereocenters. The molecule has 0 bridgehead atoms. The molecule has 4 rings (SSSR count). The third-order valence-electron chi connectivity index (χ3n) is 4.26. The molecule has 0 saturated heterocycles. The Morgan fingerprint density at radius 1 is 1.05 bits per heavy atom. The van der Waals surface area contributed by atoms with Gasteiger partial charge in [-0.25, -0.2) is 0 Å². The van der Waals surface area contributed by atoms with Crippen molar-refractivity contribution in [2.75, 3.05) is 11.4 Å². The number of anilines is 2. The summed E-state index contributed by atoms with van der Waals surface area (Å²) in [7, 11) is 0. The maximum atomic E-state index is 6.03. The second-order valence-corrected chi connectivity index (χ2v) is 6.02.